The number of hydrogen-bond donors (Lipinski definition) is 4. The van der Waals surface area contributed by atoms with E-state index in [0.717, 1.165) is 6.20 Å². The molecule has 0 amide bonds. The van der Waals surface area contributed by atoms with Gasteiger partial charge in [0.15, 0.2) is 0 Å². The molecule has 0 bridgehead atoms. The van der Waals surface area contributed by atoms with Crippen molar-refractivity contribution in [1.29, 1.82) is 0 Å². The van der Waals surface area contributed by atoms with Gasteiger partial charge in [-0.15, -0.1) is 0 Å². The number of nitrogen functional groups attached to an aromatic ring is 1. The van der Waals surface area contributed by atoms with Gasteiger partial charge in [-0.2, -0.15) is 5.06 Å². The summed E-state index contributed by atoms with van der Waals surface area (Å²) in [6, 6.07) is 1.18. The van der Waals surface area contributed by atoms with Crippen molar-refractivity contribution in [3.05, 3.63) is 39.2 Å². The zero-order valence-electron chi connectivity index (χ0n) is 8.41. The standard InChI is InChI=1S/C8H8N6O3/c9-4-3-11-8(13-6(4)16)14(17)7-10-2-1-5(15)12-7/h1-3,17H,9H2,(H,10,12,15)(H,11,13,16). The van der Waals surface area contributed by atoms with Crippen LogP contribution >= 0.6 is 0 Å². The lowest BCUT2D eigenvalue weighted by molar-refractivity contribution is 0.286. The number of hydrogen-bond acceptors (Lipinski definition) is 7. The Kier molecular flexibility index (Phi) is 2.58. The average molecular weight is 236 g/mol. The van der Waals surface area contributed by atoms with E-state index in [2.05, 4.69) is 19.9 Å². The van der Waals surface area contributed by atoms with Crippen LogP contribution in [0.3, 0.4) is 0 Å². The molecule has 0 aliphatic heterocycles. The Morgan fingerprint density at radius 2 is 1.94 bits per heavy atom. The molecule has 2 rings (SSSR count). The van der Waals surface area contributed by atoms with Gasteiger partial charge in [0, 0.05) is 12.3 Å². The lowest BCUT2D eigenvalue weighted by Crippen LogP contribution is -2.23. The molecular formula is C8H8N6O3. The fourth-order valence-electron chi connectivity index (χ4n) is 1.07. The van der Waals surface area contributed by atoms with E-state index >= 15 is 0 Å². The molecular weight excluding hydrogens is 228 g/mol. The monoisotopic (exact) mass is 236 g/mol. The molecule has 0 unspecified atom stereocenters. The zero-order chi connectivity index (χ0) is 12.4. The van der Waals surface area contributed by atoms with Crippen LogP contribution in [0.5, 0.6) is 0 Å². The second-order valence-corrected chi connectivity index (χ2v) is 3.06. The first kappa shape index (κ1) is 10.8. The van der Waals surface area contributed by atoms with Gasteiger partial charge in [0.1, 0.15) is 5.69 Å². The Morgan fingerprint density at radius 3 is 2.59 bits per heavy atom. The number of rotatable bonds is 2. The van der Waals surface area contributed by atoms with Crippen molar-refractivity contribution in [3.8, 4) is 0 Å². The lowest BCUT2D eigenvalue weighted by Gasteiger charge is -2.12. The molecule has 9 heteroatoms. The highest BCUT2D eigenvalue weighted by molar-refractivity contribution is 5.44. The van der Waals surface area contributed by atoms with Crippen molar-refractivity contribution in [3.63, 3.8) is 0 Å². The largest absolute Gasteiger partial charge is 0.393 e. The van der Waals surface area contributed by atoms with E-state index in [0.29, 0.717) is 5.06 Å². The van der Waals surface area contributed by atoms with E-state index in [4.69, 9.17) is 5.73 Å². The Balaban J connectivity index is 2.43. The quantitative estimate of drug-likeness (QED) is 0.488. The molecule has 0 fully saturated rings. The zero-order valence-corrected chi connectivity index (χ0v) is 8.41. The normalized spacial score (nSPS) is 10.2. The van der Waals surface area contributed by atoms with Crippen LogP contribution in [0.15, 0.2) is 28.0 Å². The molecule has 5 N–H and O–H groups in total. The summed E-state index contributed by atoms with van der Waals surface area (Å²) in [6.45, 7) is 0. The Bertz CT molecular complexity index is 648. The molecule has 88 valence electrons. The first-order chi connectivity index (χ1) is 8.08. The van der Waals surface area contributed by atoms with Crippen LogP contribution in [0, 0.1) is 0 Å². The summed E-state index contributed by atoms with van der Waals surface area (Å²) in [6.07, 6.45) is 2.28. The molecule has 2 heterocycles. The van der Waals surface area contributed by atoms with E-state index in [1.54, 1.807) is 0 Å². The summed E-state index contributed by atoms with van der Waals surface area (Å²) in [5, 5.41) is 10.1. The molecule has 9 nitrogen and oxygen atoms in total. The topological polar surface area (TPSA) is 141 Å². The summed E-state index contributed by atoms with van der Waals surface area (Å²) in [5.41, 5.74) is 4.13. The second kappa shape index (κ2) is 4.06. The lowest BCUT2D eigenvalue weighted by atomic mass is 10.5. The molecule has 0 aromatic carbocycles. The fraction of sp³-hybridized carbons (Fsp3) is 0. The number of aromatic amines is 2. The molecule has 0 spiro atoms. The minimum absolute atomic E-state index is 0.0864. The maximum Gasteiger partial charge on any atom is 0.275 e. The second-order valence-electron chi connectivity index (χ2n) is 3.06. The van der Waals surface area contributed by atoms with Crippen LogP contribution in [-0.4, -0.2) is 25.1 Å². The van der Waals surface area contributed by atoms with Crippen molar-refractivity contribution in [1.82, 2.24) is 19.9 Å². The van der Waals surface area contributed by atoms with Crippen LogP contribution in [0.25, 0.3) is 0 Å². The van der Waals surface area contributed by atoms with Crippen molar-refractivity contribution in [2.75, 3.05) is 10.8 Å². The van der Waals surface area contributed by atoms with Crippen LogP contribution in [0.1, 0.15) is 0 Å². The van der Waals surface area contributed by atoms with Gasteiger partial charge in [0.05, 0.1) is 6.20 Å². The van der Waals surface area contributed by atoms with E-state index in [-0.39, 0.29) is 17.6 Å². The first-order valence-electron chi connectivity index (χ1n) is 4.47. The van der Waals surface area contributed by atoms with Gasteiger partial charge in [-0.1, -0.05) is 0 Å². The van der Waals surface area contributed by atoms with E-state index < -0.39 is 11.1 Å². The van der Waals surface area contributed by atoms with Crippen LogP contribution in [0.4, 0.5) is 17.6 Å². The summed E-state index contributed by atoms with van der Waals surface area (Å²) in [5.74, 6) is -0.385. The van der Waals surface area contributed by atoms with Gasteiger partial charge in [-0.25, -0.2) is 9.97 Å². The third kappa shape index (κ3) is 2.13. The van der Waals surface area contributed by atoms with Gasteiger partial charge in [0.25, 0.3) is 11.1 Å². The molecule has 0 aliphatic rings. The summed E-state index contributed by atoms with van der Waals surface area (Å²) >= 11 is 0. The van der Waals surface area contributed by atoms with E-state index in [1.165, 1.54) is 12.3 Å². The number of aromatic nitrogens is 4. The van der Waals surface area contributed by atoms with Crippen LogP contribution in [-0.2, 0) is 0 Å². The van der Waals surface area contributed by atoms with Crippen molar-refractivity contribution < 1.29 is 5.21 Å². The van der Waals surface area contributed by atoms with Gasteiger partial charge >= 0.3 is 0 Å². The molecule has 0 radical (unpaired) electrons. The summed E-state index contributed by atoms with van der Waals surface area (Å²) in [7, 11) is 0. The number of H-pyrrole nitrogens is 2. The Hall–Kier alpha value is -2.68. The predicted molar refractivity (Wildman–Crippen MR) is 58.1 cm³/mol. The molecule has 0 saturated heterocycles. The maximum absolute atomic E-state index is 11.2. The number of anilines is 3. The van der Waals surface area contributed by atoms with Gasteiger partial charge in [-0.3, -0.25) is 24.8 Å². The highest BCUT2D eigenvalue weighted by atomic mass is 16.5. The van der Waals surface area contributed by atoms with Gasteiger partial charge < -0.3 is 5.73 Å². The minimum atomic E-state index is -0.604. The highest BCUT2D eigenvalue weighted by Crippen LogP contribution is 2.10. The molecule has 0 aliphatic carbocycles. The summed E-state index contributed by atoms with van der Waals surface area (Å²) in [4.78, 5) is 34.0. The third-order valence-electron chi connectivity index (χ3n) is 1.87. The fourth-order valence-corrected chi connectivity index (χ4v) is 1.07. The van der Waals surface area contributed by atoms with Crippen molar-refractivity contribution in [2.45, 2.75) is 0 Å². The smallest absolute Gasteiger partial charge is 0.275 e. The summed E-state index contributed by atoms with van der Waals surface area (Å²) < 4.78 is 0. The van der Waals surface area contributed by atoms with Crippen molar-refractivity contribution >= 4 is 17.6 Å². The highest BCUT2D eigenvalue weighted by Gasteiger charge is 2.11. The number of nitrogens with two attached hydrogens (primary N) is 1. The molecule has 0 atom stereocenters. The van der Waals surface area contributed by atoms with E-state index in [1.807, 2.05) is 0 Å². The molecule has 0 saturated carbocycles. The van der Waals surface area contributed by atoms with Gasteiger partial charge in [0.2, 0.25) is 11.9 Å². The SMILES string of the molecule is Nc1cnc(N(O)c2nccc(=O)[nH]2)[nH]c1=O. The third-order valence-corrected chi connectivity index (χ3v) is 1.87. The minimum Gasteiger partial charge on any atom is -0.393 e. The molecule has 17 heavy (non-hydrogen) atoms. The predicted octanol–water partition coefficient (Wildman–Crippen LogP) is -1.04. The number of nitrogens with one attached hydrogen (secondary N) is 2. The Morgan fingerprint density at radius 1 is 1.24 bits per heavy atom. The molecule has 2 aromatic rings. The van der Waals surface area contributed by atoms with Crippen LogP contribution in [0.2, 0.25) is 0 Å². The Labute approximate surface area is 93.5 Å². The first-order valence-corrected chi connectivity index (χ1v) is 4.47. The number of nitrogens with zero attached hydrogens (tertiary/aromatic N) is 3. The van der Waals surface area contributed by atoms with Crippen molar-refractivity contribution in [2.24, 2.45) is 0 Å². The maximum atomic E-state index is 11.2. The van der Waals surface area contributed by atoms with E-state index in [9.17, 15) is 14.8 Å². The van der Waals surface area contributed by atoms with Gasteiger partial charge in [-0.05, 0) is 0 Å². The molecule has 2 aromatic heterocycles. The average Bonchev–Trinajstić information content (AvgIpc) is 2.32. The van der Waals surface area contributed by atoms with Crippen LogP contribution < -0.4 is 21.9 Å².